The van der Waals surface area contributed by atoms with Crippen LogP contribution >= 0.6 is 11.6 Å². The van der Waals surface area contributed by atoms with E-state index in [2.05, 4.69) is 10.4 Å². The van der Waals surface area contributed by atoms with Crippen LogP contribution in [0.5, 0.6) is 0 Å². The Morgan fingerprint density at radius 1 is 1.42 bits per heavy atom. The molecule has 0 aliphatic carbocycles. The van der Waals surface area contributed by atoms with Crippen molar-refractivity contribution in [1.82, 2.24) is 9.78 Å². The number of halogens is 3. The molecule has 1 aromatic carbocycles. The van der Waals surface area contributed by atoms with E-state index in [9.17, 15) is 8.78 Å². The van der Waals surface area contributed by atoms with Crippen molar-refractivity contribution in [3.05, 3.63) is 34.5 Å². The summed E-state index contributed by atoms with van der Waals surface area (Å²) in [6, 6.07) is 1.78. The van der Waals surface area contributed by atoms with Gasteiger partial charge in [-0.15, -0.1) is 0 Å². The van der Waals surface area contributed by atoms with Crippen molar-refractivity contribution in [2.75, 3.05) is 11.1 Å². The first kappa shape index (κ1) is 13.6. The Morgan fingerprint density at radius 3 is 2.63 bits per heavy atom. The monoisotopic (exact) mass is 286 g/mol. The van der Waals surface area contributed by atoms with E-state index in [0.717, 1.165) is 12.1 Å². The molecule has 0 spiro atoms. The second kappa shape index (κ2) is 5.05. The summed E-state index contributed by atoms with van der Waals surface area (Å²) in [6.45, 7) is 1.91. The number of rotatable bonds is 3. The van der Waals surface area contributed by atoms with Crippen LogP contribution in [0.25, 0.3) is 0 Å². The van der Waals surface area contributed by atoms with Crippen molar-refractivity contribution in [2.45, 2.75) is 13.3 Å². The van der Waals surface area contributed by atoms with Crippen molar-refractivity contribution in [3.8, 4) is 0 Å². The van der Waals surface area contributed by atoms with Gasteiger partial charge in [0.25, 0.3) is 0 Å². The molecule has 0 amide bonds. The van der Waals surface area contributed by atoms with Gasteiger partial charge in [0.2, 0.25) is 0 Å². The average molecular weight is 287 g/mol. The Morgan fingerprint density at radius 2 is 2.11 bits per heavy atom. The summed E-state index contributed by atoms with van der Waals surface area (Å²) >= 11 is 5.82. The van der Waals surface area contributed by atoms with Gasteiger partial charge in [0.1, 0.15) is 5.82 Å². The zero-order valence-electron chi connectivity index (χ0n) is 10.5. The molecule has 1 heterocycles. The van der Waals surface area contributed by atoms with Crippen LogP contribution in [0.1, 0.15) is 12.6 Å². The smallest absolute Gasteiger partial charge is 0.152 e. The lowest BCUT2D eigenvalue weighted by atomic mass is 10.2. The first-order valence-corrected chi connectivity index (χ1v) is 6.04. The van der Waals surface area contributed by atoms with E-state index in [0.29, 0.717) is 23.6 Å². The predicted octanol–water partition coefficient (Wildman–Crippen LogP) is 3.24. The normalized spacial score (nSPS) is 10.8. The fraction of sp³-hybridized carbons (Fsp3) is 0.250. The number of hydrogen-bond donors (Lipinski definition) is 2. The maximum absolute atomic E-state index is 13.7. The minimum absolute atomic E-state index is 0.0274. The molecule has 0 bridgehead atoms. The van der Waals surface area contributed by atoms with Crippen LogP contribution in [0.15, 0.2) is 12.1 Å². The summed E-state index contributed by atoms with van der Waals surface area (Å²) < 4.78 is 28.2. The third-order valence-electron chi connectivity index (χ3n) is 2.75. The van der Waals surface area contributed by atoms with E-state index in [1.54, 1.807) is 7.05 Å². The molecule has 0 radical (unpaired) electrons. The van der Waals surface area contributed by atoms with E-state index < -0.39 is 11.6 Å². The molecule has 1 aromatic heterocycles. The largest absolute Gasteiger partial charge is 0.394 e. The number of nitrogen functional groups attached to an aromatic ring is 1. The molecule has 102 valence electrons. The van der Waals surface area contributed by atoms with Crippen LogP contribution in [0.2, 0.25) is 5.02 Å². The highest BCUT2D eigenvalue weighted by Crippen LogP contribution is 2.32. The summed E-state index contributed by atoms with van der Waals surface area (Å²) in [7, 11) is 1.67. The highest BCUT2D eigenvalue weighted by atomic mass is 35.5. The number of aryl methyl sites for hydroxylation is 2. The van der Waals surface area contributed by atoms with Gasteiger partial charge in [-0.2, -0.15) is 5.10 Å². The fourth-order valence-corrected chi connectivity index (χ4v) is 2.03. The number of hydrogen-bond acceptors (Lipinski definition) is 3. The Balaban J connectivity index is 2.45. The van der Waals surface area contributed by atoms with Gasteiger partial charge in [-0.25, -0.2) is 8.78 Å². The second-order valence-electron chi connectivity index (χ2n) is 4.06. The molecule has 2 aromatic rings. The van der Waals surface area contributed by atoms with Crippen LogP contribution in [-0.2, 0) is 13.5 Å². The molecule has 0 saturated carbocycles. The lowest BCUT2D eigenvalue weighted by molar-refractivity contribution is 0.586. The SMILES string of the molecule is CCc1nn(C)c(Nc2c(F)cc(F)cc2Cl)c1N. The van der Waals surface area contributed by atoms with Gasteiger partial charge in [0.15, 0.2) is 11.6 Å². The third kappa shape index (κ3) is 2.49. The minimum Gasteiger partial charge on any atom is -0.394 e. The average Bonchev–Trinajstić information content (AvgIpc) is 2.59. The zero-order chi connectivity index (χ0) is 14.2. The molecule has 0 atom stereocenters. The summed E-state index contributed by atoms with van der Waals surface area (Å²) in [5, 5.41) is 6.89. The van der Waals surface area contributed by atoms with Gasteiger partial charge < -0.3 is 11.1 Å². The van der Waals surface area contributed by atoms with Crippen molar-refractivity contribution in [2.24, 2.45) is 7.05 Å². The van der Waals surface area contributed by atoms with E-state index in [-0.39, 0.29) is 10.7 Å². The van der Waals surface area contributed by atoms with Gasteiger partial charge in [0.05, 0.1) is 22.1 Å². The van der Waals surface area contributed by atoms with E-state index >= 15 is 0 Å². The molecule has 4 nitrogen and oxygen atoms in total. The summed E-state index contributed by atoms with van der Waals surface area (Å²) in [4.78, 5) is 0. The number of anilines is 3. The number of aromatic nitrogens is 2. The summed E-state index contributed by atoms with van der Waals surface area (Å²) in [5.74, 6) is -1.10. The van der Waals surface area contributed by atoms with Crippen LogP contribution in [0.4, 0.5) is 26.0 Å². The molecule has 0 aliphatic heterocycles. The number of benzene rings is 1. The predicted molar refractivity (Wildman–Crippen MR) is 71.6 cm³/mol. The molecular formula is C12H13ClF2N4. The molecule has 0 aliphatic rings. The quantitative estimate of drug-likeness (QED) is 0.911. The number of nitrogens with zero attached hydrogens (tertiary/aromatic N) is 2. The van der Waals surface area contributed by atoms with Crippen molar-refractivity contribution >= 4 is 28.8 Å². The van der Waals surface area contributed by atoms with Gasteiger partial charge in [0, 0.05) is 13.1 Å². The summed E-state index contributed by atoms with van der Waals surface area (Å²) in [6.07, 6.45) is 0.654. The first-order valence-electron chi connectivity index (χ1n) is 5.67. The highest BCUT2D eigenvalue weighted by molar-refractivity contribution is 6.33. The van der Waals surface area contributed by atoms with E-state index in [1.807, 2.05) is 6.92 Å². The molecule has 2 rings (SSSR count). The second-order valence-corrected chi connectivity index (χ2v) is 4.46. The van der Waals surface area contributed by atoms with Crippen LogP contribution < -0.4 is 11.1 Å². The van der Waals surface area contributed by atoms with Crippen LogP contribution in [0, 0.1) is 11.6 Å². The highest BCUT2D eigenvalue weighted by Gasteiger charge is 2.16. The van der Waals surface area contributed by atoms with Gasteiger partial charge >= 0.3 is 0 Å². The lowest BCUT2D eigenvalue weighted by Crippen LogP contribution is -2.03. The fourth-order valence-electron chi connectivity index (χ4n) is 1.79. The van der Waals surface area contributed by atoms with Crippen molar-refractivity contribution in [1.29, 1.82) is 0 Å². The van der Waals surface area contributed by atoms with Crippen LogP contribution in [0.3, 0.4) is 0 Å². The van der Waals surface area contributed by atoms with Crippen molar-refractivity contribution < 1.29 is 8.78 Å². The van der Waals surface area contributed by atoms with Gasteiger partial charge in [-0.3, -0.25) is 4.68 Å². The molecule has 0 saturated heterocycles. The van der Waals surface area contributed by atoms with E-state index in [4.69, 9.17) is 17.3 Å². The molecule has 7 heteroatoms. The molecule has 0 unspecified atom stereocenters. The molecular weight excluding hydrogens is 274 g/mol. The standard InChI is InChI=1S/C12H13ClF2N4/c1-3-9-10(16)12(19(2)18-9)17-11-7(13)4-6(14)5-8(11)15/h4-5,17H,3,16H2,1-2H3. The molecule has 3 N–H and O–H groups in total. The van der Waals surface area contributed by atoms with E-state index in [1.165, 1.54) is 4.68 Å². The molecule has 19 heavy (non-hydrogen) atoms. The number of nitrogens with one attached hydrogen (secondary N) is 1. The third-order valence-corrected chi connectivity index (χ3v) is 3.04. The Labute approximate surface area is 114 Å². The van der Waals surface area contributed by atoms with Gasteiger partial charge in [-0.1, -0.05) is 18.5 Å². The number of nitrogens with two attached hydrogens (primary N) is 1. The Bertz CT molecular complexity index is 601. The van der Waals surface area contributed by atoms with Crippen molar-refractivity contribution in [3.63, 3.8) is 0 Å². The zero-order valence-corrected chi connectivity index (χ0v) is 11.2. The maximum atomic E-state index is 13.7. The summed E-state index contributed by atoms with van der Waals surface area (Å²) in [5.41, 5.74) is 7.00. The Kier molecular flexibility index (Phi) is 3.61. The van der Waals surface area contributed by atoms with Gasteiger partial charge in [-0.05, 0) is 12.5 Å². The minimum atomic E-state index is -0.788. The molecule has 0 fully saturated rings. The lowest BCUT2D eigenvalue weighted by Gasteiger charge is -2.10. The Hall–Kier alpha value is -1.82. The van der Waals surface area contributed by atoms with Crippen LogP contribution in [-0.4, -0.2) is 9.78 Å². The maximum Gasteiger partial charge on any atom is 0.152 e. The topological polar surface area (TPSA) is 55.9 Å². The first-order chi connectivity index (χ1) is 8.93.